The van der Waals surface area contributed by atoms with E-state index in [-0.39, 0.29) is 5.97 Å². The molecular formula is C10H9ClN2O2. The van der Waals surface area contributed by atoms with Gasteiger partial charge in [-0.25, -0.2) is 4.79 Å². The summed E-state index contributed by atoms with van der Waals surface area (Å²) < 4.78 is 6.30. The molecule has 0 spiro atoms. The molecule has 0 aliphatic heterocycles. The average molecular weight is 225 g/mol. The lowest BCUT2D eigenvalue weighted by atomic mass is 10.1. The van der Waals surface area contributed by atoms with Crippen LogP contribution >= 0.6 is 11.6 Å². The predicted molar refractivity (Wildman–Crippen MR) is 57.1 cm³/mol. The topological polar surface area (TPSA) is 44.1 Å². The van der Waals surface area contributed by atoms with E-state index < -0.39 is 0 Å². The van der Waals surface area contributed by atoms with Gasteiger partial charge >= 0.3 is 5.97 Å². The van der Waals surface area contributed by atoms with Crippen LogP contribution in [-0.4, -0.2) is 22.9 Å². The molecule has 0 fully saturated rings. The molecule has 0 N–H and O–H groups in total. The molecule has 1 aromatic heterocycles. The lowest BCUT2D eigenvalue weighted by molar-refractivity contribution is 0.0603. The van der Waals surface area contributed by atoms with Crippen LogP contribution in [-0.2, 0) is 11.8 Å². The highest BCUT2D eigenvalue weighted by molar-refractivity contribution is 6.35. The number of carbonyl (C=O) groups excluding carboxylic acids is 1. The molecular weight excluding hydrogens is 216 g/mol. The van der Waals surface area contributed by atoms with Gasteiger partial charge in [-0.05, 0) is 12.1 Å². The molecule has 0 aliphatic carbocycles. The molecule has 5 heteroatoms. The number of nitrogens with zero attached hydrogens (tertiary/aromatic N) is 2. The molecule has 0 saturated carbocycles. The first-order valence-electron chi connectivity index (χ1n) is 4.33. The second-order valence-electron chi connectivity index (χ2n) is 3.12. The van der Waals surface area contributed by atoms with Gasteiger partial charge in [-0.2, -0.15) is 5.10 Å². The minimum Gasteiger partial charge on any atom is -0.465 e. The largest absolute Gasteiger partial charge is 0.465 e. The van der Waals surface area contributed by atoms with Crippen LogP contribution in [0.25, 0.3) is 10.9 Å². The summed E-state index contributed by atoms with van der Waals surface area (Å²) in [6.07, 6.45) is 1.60. The van der Waals surface area contributed by atoms with Crippen molar-refractivity contribution in [2.45, 2.75) is 0 Å². The number of ether oxygens (including phenoxy) is 1. The quantitative estimate of drug-likeness (QED) is 0.696. The van der Waals surface area contributed by atoms with Crippen molar-refractivity contribution < 1.29 is 9.53 Å². The number of esters is 1. The fourth-order valence-corrected chi connectivity index (χ4v) is 1.82. The number of hydrogen-bond acceptors (Lipinski definition) is 3. The molecule has 2 rings (SSSR count). The van der Waals surface area contributed by atoms with Gasteiger partial charge in [0.15, 0.2) is 0 Å². The van der Waals surface area contributed by atoms with E-state index in [2.05, 4.69) is 9.84 Å². The number of aryl methyl sites for hydroxylation is 1. The number of methoxy groups -OCH3 is 1. The third-order valence-corrected chi connectivity index (χ3v) is 2.56. The third kappa shape index (κ3) is 1.47. The first kappa shape index (κ1) is 9.98. The summed E-state index contributed by atoms with van der Waals surface area (Å²) in [7, 11) is 3.12. The van der Waals surface area contributed by atoms with Crippen LogP contribution in [0.2, 0.25) is 5.02 Å². The smallest absolute Gasteiger partial charge is 0.338 e. The summed E-state index contributed by atoms with van der Waals surface area (Å²) in [5.74, 6) is -0.385. The van der Waals surface area contributed by atoms with E-state index in [0.717, 1.165) is 5.52 Å². The average Bonchev–Trinajstić information content (AvgIpc) is 2.61. The lowest BCUT2D eigenvalue weighted by Gasteiger charge is -2.02. The SMILES string of the molecule is COC(=O)c1ccc(Cl)c2c1cnn2C. The fourth-order valence-electron chi connectivity index (χ4n) is 1.53. The zero-order valence-electron chi connectivity index (χ0n) is 8.32. The van der Waals surface area contributed by atoms with Gasteiger partial charge in [0.25, 0.3) is 0 Å². The van der Waals surface area contributed by atoms with E-state index in [1.807, 2.05) is 0 Å². The highest BCUT2D eigenvalue weighted by Gasteiger charge is 2.14. The van der Waals surface area contributed by atoms with Crippen LogP contribution < -0.4 is 0 Å². The highest BCUT2D eigenvalue weighted by atomic mass is 35.5. The molecule has 78 valence electrons. The second kappa shape index (κ2) is 3.55. The van der Waals surface area contributed by atoms with Crippen molar-refractivity contribution in [3.05, 3.63) is 28.9 Å². The summed E-state index contributed by atoms with van der Waals surface area (Å²) in [4.78, 5) is 11.4. The van der Waals surface area contributed by atoms with Gasteiger partial charge in [0, 0.05) is 12.4 Å². The van der Waals surface area contributed by atoms with E-state index in [9.17, 15) is 4.79 Å². The van der Waals surface area contributed by atoms with Crippen molar-refractivity contribution in [1.29, 1.82) is 0 Å². The Morgan fingerprint density at radius 3 is 2.93 bits per heavy atom. The minimum atomic E-state index is -0.385. The van der Waals surface area contributed by atoms with Crippen molar-refractivity contribution in [1.82, 2.24) is 9.78 Å². The Labute approximate surface area is 91.4 Å². The van der Waals surface area contributed by atoms with E-state index >= 15 is 0 Å². The standard InChI is InChI=1S/C10H9ClN2O2/c1-13-9-7(5-12-13)6(10(14)15-2)3-4-8(9)11/h3-5H,1-2H3. The van der Waals surface area contributed by atoms with Crippen LogP contribution in [0.5, 0.6) is 0 Å². The highest BCUT2D eigenvalue weighted by Crippen LogP contribution is 2.26. The molecule has 4 nitrogen and oxygen atoms in total. The van der Waals surface area contributed by atoms with Crippen molar-refractivity contribution in [3.8, 4) is 0 Å². The molecule has 0 saturated heterocycles. The molecule has 1 aromatic carbocycles. The normalized spacial score (nSPS) is 10.6. The molecule has 15 heavy (non-hydrogen) atoms. The Morgan fingerprint density at radius 2 is 2.27 bits per heavy atom. The summed E-state index contributed by atoms with van der Waals surface area (Å²) >= 11 is 6.01. The molecule has 0 atom stereocenters. The zero-order valence-corrected chi connectivity index (χ0v) is 9.08. The van der Waals surface area contributed by atoms with Crippen molar-refractivity contribution >= 4 is 28.5 Å². The summed E-state index contributed by atoms with van der Waals surface area (Å²) in [5, 5.41) is 5.33. The molecule has 0 amide bonds. The molecule has 0 bridgehead atoms. The number of hydrogen-bond donors (Lipinski definition) is 0. The number of fused-ring (bicyclic) bond motifs is 1. The second-order valence-corrected chi connectivity index (χ2v) is 3.52. The number of aromatic nitrogens is 2. The zero-order chi connectivity index (χ0) is 11.0. The van der Waals surface area contributed by atoms with Crippen LogP contribution in [0.3, 0.4) is 0 Å². The third-order valence-electron chi connectivity index (χ3n) is 2.26. The first-order valence-corrected chi connectivity index (χ1v) is 4.71. The van der Waals surface area contributed by atoms with Crippen LogP contribution in [0.4, 0.5) is 0 Å². The maximum absolute atomic E-state index is 11.4. The number of halogens is 1. The Bertz CT molecular complexity index is 533. The van der Waals surface area contributed by atoms with E-state index in [0.29, 0.717) is 16.0 Å². The Kier molecular flexibility index (Phi) is 2.36. The number of carbonyl (C=O) groups is 1. The van der Waals surface area contributed by atoms with E-state index in [1.54, 1.807) is 30.1 Å². The van der Waals surface area contributed by atoms with E-state index in [1.165, 1.54) is 7.11 Å². The Hall–Kier alpha value is -1.55. The van der Waals surface area contributed by atoms with Gasteiger partial charge in [0.1, 0.15) is 0 Å². The number of benzene rings is 1. The van der Waals surface area contributed by atoms with Crippen molar-refractivity contribution in [3.63, 3.8) is 0 Å². The molecule has 0 radical (unpaired) electrons. The van der Waals surface area contributed by atoms with Gasteiger partial charge in [0.2, 0.25) is 0 Å². The predicted octanol–water partition coefficient (Wildman–Crippen LogP) is 2.01. The van der Waals surface area contributed by atoms with E-state index in [4.69, 9.17) is 11.6 Å². The van der Waals surface area contributed by atoms with Crippen molar-refractivity contribution in [2.75, 3.05) is 7.11 Å². The minimum absolute atomic E-state index is 0.385. The lowest BCUT2D eigenvalue weighted by Crippen LogP contribution is -2.01. The van der Waals surface area contributed by atoms with Crippen LogP contribution in [0.15, 0.2) is 18.3 Å². The summed E-state index contributed by atoms with van der Waals surface area (Å²) in [6, 6.07) is 3.30. The van der Waals surface area contributed by atoms with Crippen LogP contribution in [0, 0.1) is 0 Å². The van der Waals surface area contributed by atoms with Gasteiger partial charge in [-0.15, -0.1) is 0 Å². The summed E-state index contributed by atoms with van der Waals surface area (Å²) in [5.41, 5.74) is 1.21. The van der Waals surface area contributed by atoms with Gasteiger partial charge in [-0.3, -0.25) is 4.68 Å². The van der Waals surface area contributed by atoms with Crippen LogP contribution in [0.1, 0.15) is 10.4 Å². The fraction of sp³-hybridized carbons (Fsp3) is 0.200. The number of rotatable bonds is 1. The molecule has 0 aliphatic rings. The Balaban J connectivity index is 2.78. The summed E-state index contributed by atoms with van der Waals surface area (Å²) in [6.45, 7) is 0. The Morgan fingerprint density at radius 1 is 1.53 bits per heavy atom. The monoisotopic (exact) mass is 224 g/mol. The molecule has 2 aromatic rings. The van der Waals surface area contributed by atoms with Gasteiger partial charge < -0.3 is 4.74 Å². The maximum atomic E-state index is 11.4. The van der Waals surface area contributed by atoms with Crippen molar-refractivity contribution in [2.24, 2.45) is 7.05 Å². The molecule has 1 heterocycles. The molecule has 0 unspecified atom stereocenters. The van der Waals surface area contributed by atoms with Gasteiger partial charge in [-0.1, -0.05) is 11.6 Å². The van der Waals surface area contributed by atoms with Gasteiger partial charge in [0.05, 0.1) is 29.4 Å². The first-order chi connectivity index (χ1) is 7.15. The maximum Gasteiger partial charge on any atom is 0.338 e.